The fourth-order valence-electron chi connectivity index (χ4n) is 6.73. The average Bonchev–Trinajstić information content (AvgIpc) is 4.05. The molecule has 6 rings (SSSR count). The molecule has 1 heterocycles. The number of halogens is 1. The molecule has 1 saturated heterocycles. The number of rotatable bonds is 17. The van der Waals surface area contributed by atoms with Crippen molar-refractivity contribution < 1.29 is 31.9 Å². The van der Waals surface area contributed by atoms with E-state index in [1.54, 1.807) is 6.92 Å². The van der Waals surface area contributed by atoms with E-state index < -0.39 is 45.8 Å². The monoisotopic (exact) mass is 800 g/mol. The van der Waals surface area contributed by atoms with Crippen molar-refractivity contribution in [3.8, 4) is 0 Å². The topological polar surface area (TPSA) is 149 Å². The van der Waals surface area contributed by atoms with Crippen LogP contribution in [0.1, 0.15) is 77.9 Å². The van der Waals surface area contributed by atoms with Gasteiger partial charge in [0.15, 0.2) is 0 Å². The predicted octanol–water partition coefficient (Wildman–Crippen LogP) is 4.98. The minimum Gasteiger partial charge on any atom is -0.379 e. The Kier molecular flexibility index (Phi) is 13.6. The van der Waals surface area contributed by atoms with E-state index in [9.17, 15) is 22.8 Å². The van der Waals surface area contributed by atoms with E-state index in [1.165, 1.54) is 47.7 Å². The van der Waals surface area contributed by atoms with Gasteiger partial charge in [-0.15, -0.1) is 0 Å². The third kappa shape index (κ3) is 11.4. The number of carbonyl (C=O) groups is 3. The second-order valence-corrected chi connectivity index (χ2v) is 17.1. The number of nitrogens with zero attached hydrogens (tertiary/aromatic N) is 2. The zero-order valence-corrected chi connectivity index (χ0v) is 33.6. The van der Waals surface area contributed by atoms with Gasteiger partial charge in [0.25, 0.3) is 11.8 Å². The fourth-order valence-corrected chi connectivity index (χ4v) is 8.34. The maximum absolute atomic E-state index is 15.0. The van der Waals surface area contributed by atoms with Gasteiger partial charge in [0.05, 0.1) is 36.7 Å². The van der Waals surface area contributed by atoms with E-state index in [0.717, 1.165) is 28.3 Å². The smallest absolute Gasteiger partial charge is 0.308 e. The molecular weight excluding hydrogens is 748 g/mol. The molecule has 2 aliphatic carbocycles. The van der Waals surface area contributed by atoms with Crippen molar-refractivity contribution in [3.05, 3.63) is 125 Å². The lowest BCUT2D eigenvalue weighted by Crippen LogP contribution is -2.50. The summed E-state index contributed by atoms with van der Waals surface area (Å²) in [4.78, 5) is 41.2. The van der Waals surface area contributed by atoms with Gasteiger partial charge in [-0.05, 0) is 87.4 Å². The van der Waals surface area contributed by atoms with Crippen LogP contribution in [0.3, 0.4) is 0 Å². The molecule has 4 atom stereocenters. The predicted molar refractivity (Wildman–Crippen MR) is 219 cm³/mol. The van der Waals surface area contributed by atoms with Gasteiger partial charge in [-0.25, -0.2) is 8.70 Å². The molecule has 0 radical (unpaired) electrons. The van der Waals surface area contributed by atoms with Gasteiger partial charge in [-0.2, -0.15) is 12.7 Å². The van der Waals surface area contributed by atoms with Gasteiger partial charge in [0, 0.05) is 49.8 Å². The number of hydrogen-bond donors (Lipinski definition) is 4. The molecule has 304 valence electrons. The summed E-state index contributed by atoms with van der Waals surface area (Å²) in [5.41, 5.74) is 0.429. The Balaban J connectivity index is 1.35. The number of morpholine rings is 1. The molecule has 1 saturated carbocycles. The quantitative estimate of drug-likeness (QED) is 0.151. The number of benzene rings is 3. The highest BCUT2D eigenvalue weighted by atomic mass is 32.2. The van der Waals surface area contributed by atoms with Crippen LogP contribution in [-0.4, -0.2) is 87.6 Å². The Morgan fingerprint density at radius 2 is 1.56 bits per heavy atom. The molecule has 2 fully saturated rings. The average molecular weight is 801 g/mol. The van der Waals surface area contributed by atoms with Gasteiger partial charge in [0.1, 0.15) is 5.67 Å². The van der Waals surface area contributed by atoms with E-state index in [4.69, 9.17) is 4.74 Å². The molecule has 1 aliphatic heterocycles. The molecule has 3 aromatic carbocycles. The summed E-state index contributed by atoms with van der Waals surface area (Å²) in [6.45, 7) is 6.46. The van der Waals surface area contributed by atoms with Crippen LogP contribution in [0.2, 0.25) is 0 Å². The number of ether oxygens (including phenoxy) is 1. The van der Waals surface area contributed by atoms with Crippen molar-refractivity contribution >= 4 is 33.6 Å². The third-order valence-electron chi connectivity index (χ3n) is 10.4. The molecule has 14 heteroatoms. The summed E-state index contributed by atoms with van der Waals surface area (Å²) in [7, 11) is -4.33. The maximum Gasteiger partial charge on any atom is 0.308 e. The number of anilines is 1. The first-order chi connectivity index (χ1) is 27.3. The second-order valence-electron chi connectivity index (χ2n) is 15.3. The Hall–Kier alpha value is -4.89. The summed E-state index contributed by atoms with van der Waals surface area (Å²) in [5.74, 6) is -0.669. The van der Waals surface area contributed by atoms with Crippen molar-refractivity contribution in [1.29, 1.82) is 0 Å². The van der Waals surface area contributed by atoms with Gasteiger partial charge in [-0.1, -0.05) is 66.7 Å². The van der Waals surface area contributed by atoms with Crippen LogP contribution >= 0.6 is 0 Å². The number of allylic oxidation sites excluding steroid dienone is 3. The van der Waals surface area contributed by atoms with E-state index in [1.807, 2.05) is 67.6 Å². The zero-order valence-electron chi connectivity index (χ0n) is 32.7. The number of alkyl halides is 1. The molecule has 0 bridgehead atoms. The lowest BCUT2D eigenvalue weighted by molar-refractivity contribution is -0.122. The number of nitrogens with one attached hydrogen (secondary N) is 4. The molecule has 3 amide bonds. The van der Waals surface area contributed by atoms with Crippen molar-refractivity contribution in [2.75, 3.05) is 43.7 Å². The molecular formula is C43H53FN6O6S. The van der Waals surface area contributed by atoms with Crippen LogP contribution in [0.5, 0.6) is 0 Å². The minimum atomic E-state index is -4.33. The molecule has 0 aromatic heterocycles. The SMILES string of the molecule is C[C@H](NC[C@H](Cc1ccccc1)NC(=O)c1cc(C(=O)N[C@H](C)c2ccccc2)cc(N(C2=CCC(C)(F)C=C2)S(=O)(=O)N2CCOCC2)c1)C(=O)NCC1CC1. The van der Waals surface area contributed by atoms with E-state index >= 15 is 4.39 Å². The van der Waals surface area contributed by atoms with Gasteiger partial charge >= 0.3 is 10.2 Å². The Labute approximate surface area is 335 Å². The lowest BCUT2D eigenvalue weighted by Gasteiger charge is -2.35. The van der Waals surface area contributed by atoms with Gasteiger partial charge < -0.3 is 26.0 Å². The number of carbonyl (C=O) groups excluding carboxylic acids is 3. The summed E-state index contributed by atoms with van der Waals surface area (Å²) in [6, 6.07) is 21.9. The van der Waals surface area contributed by atoms with Crippen LogP contribution in [0.15, 0.2) is 103 Å². The van der Waals surface area contributed by atoms with Crippen molar-refractivity contribution in [1.82, 2.24) is 25.6 Å². The van der Waals surface area contributed by atoms with Crippen LogP contribution in [0, 0.1) is 5.92 Å². The Morgan fingerprint density at radius 3 is 2.18 bits per heavy atom. The van der Waals surface area contributed by atoms with Crippen LogP contribution in [0.25, 0.3) is 0 Å². The largest absolute Gasteiger partial charge is 0.379 e. The van der Waals surface area contributed by atoms with Crippen LogP contribution in [0.4, 0.5) is 10.1 Å². The minimum absolute atomic E-state index is 0.0312. The van der Waals surface area contributed by atoms with Crippen LogP contribution in [-0.2, 0) is 26.2 Å². The highest BCUT2D eigenvalue weighted by Gasteiger charge is 2.36. The molecule has 57 heavy (non-hydrogen) atoms. The summed E-state index contributed by atoms with van der Waals surface area (Å²) in [5, 5.41) is 12.3. The highest BCUT2D eigenvalue weighted by Crippen LogP contribution is 2.34. The molecule has 0 spiro atoms. The van der Waals surface area contributed by atoms with Crippen molar-refractivity contribution in [2.24, 2.45) is 5.92 Å². The van der Waals surface area contributed by atoms with Crippen LogP contribution < -0.4 is 25.6 Å². The fraction of sp³-hybridized carbons (Fsp3) is 0.419. The van der Waals surface area contributed by atoms with Crippen molar-refractivity contribution in [2.45, 2.75) is 70.2 Å². The number of amides is 3. The third-order valence-corrected chi connectivity index (χ3v) is 12.3. The van der Waals surface area contributed by atoms with E-state index in [2.05, 4.69) is 21.3 Å². The molecule has 4 N–H and O–H groups in total. The first-order valence-electron chi connectivity index (χ1n) is 19.6. The first kappa shape index (κ1) is 41.7. The van der Waals surface area contributed by atoms with Gasteiger partial charge in [0.2, 0.25) is 5.91 Å². The maximum atomic E-state index is 15.0. The summed E-state index contributed by atoms with van der Waals surface area (Å²) >= 11 is 0. The lowest BCUT2D eigenvalue weighted by atomic mass is 9.98. The summed E-state index contributed by atoms with van der Waals surface area (Å²) < 4.78 is 51.9. The normalized spacial score (nSPS) is 20.1. The molecule has 3 aliphatic rings. The standard InChI is InChI=1S/C43H53FN6O6S/c1-30(34-12-8-5-9-13-34)47-41(52)35-25-36(27-39(26-35)50(38-16-18-43(3,44)19-17-38)57(54,55)49-20-22-56-23-21-49)42(53)48-37(24-32-10-6-4-7-11-32)29-45-31(2)40(51)46-28-33-14-15-33/h4-13,16-18,25-27,30-31,33,37,45H,14-15,19-24,28-29H2,1-3H3,(H,46,51)(H,47,52)(H,48,53)/t30-,31+,37+,43?/m1/s1. The second kappa shape index (κ2) is 18.6. The molecule has 1 unspecified atom stereocenters. The molecule has 3 aromatic rings. The van der Waals surface area contributed by atoms with Gasteiger partial charge in [-0.3, -0.25) is 14.4 Å². The summed E-state index contributed by atoms with van der Waals surface area (Å²) in [6.07, 6.45) is 6.80. The zero-order chi connectivity index (χ0) is 40.6. The first-order valence-corrected chi connectivity index (χ1v) is 21.0. The highest BCUT2D eigenvalue weighted by molar-refractivity contribution is 7.90. The van der Waals surface area contributed by atoms with E-state index in [0.29, 0.717) is 18.9 Å². The Morgan fingerprint density at radius 1 is 0.930 bits per heavy atom. The van der Waals surface area contributed by atoms with Crippen molar-refractivity contribution in [3.63, 3.8) is 0 Å². The Bertz CT molecular complexity index is 2050. The van der Waals surface area contributed by atoms with E-state index in [-0.39, 0.29) is 67.7 Å². The number of hydrogen-bond acceptors (Lipinski definition) is 7. The molecule has 12 nitrogen and oxygen atoms in total.